The largest absolute Gasteiger partial charge is 0.320 e. The van der Waals surface area contributed by atoms with Crippen LogP contribution in [0.15, 0.2) is 0 Å². The number of likely N-dealkylation sites (tertiary alicyclic amines) is 1. The van der Waals surface area contributed by atoms with Crippen LogP contribution in [0.2, 0.25) is 0 Å². The molecule has 2 aliphatic rings. The molecule has 0 amide bonds. The van der Waals surface area contributed by atoms with Crippen LogP contribution < -0.4 is 5.32 Å². The van der Waals surface area contributed by atoms with E-state index in [0.717, 1.165) is 5.92 Å². The van der Waals surface area contributed by atoms with Gasteiger partial charge in [0.15, 0.2) is 0 Å². The molecule has 2 aliphatic heterocycles. The van der Waals surface area contributed by atoms with Gasteiger partial charge in [-0.3, -0.25) is 4.90 Å². The Kier molecular flexibility index (Phi) is 6.57. The minimum atomic E-state index is 0.965. The van der Waals surface area contributed by atoms with Crippen molar-refractivity contribution in [1.82, 2.24) is 20.0 Å². The molecule has 0 unspecified atom stereocenters. The van der Waals surface area contributed by atoms with Gasteiger partial charge in [-0.15, -0.1) is 0 Å². The van der Waals surface area contributed by atoms with Gasteiger partial charge in [0.05, 0.1) is 0 Å². The molecule has 0 atom stereocenters. The third kappa shape index (κ3) is 5.38. The number of likely N-dealkylation sites (N-methyl/N-ethyl adjacent to an activating group) is 1. The number of hydrogen-bond donors (Lipinski definition) is 1. The molecular formula is C15H32N4. The molecule has 4 heteroatoms. The van der Waals surface area contributed by atoms with Gasteiger partial charge in [-0.1, -0.05) is 0 Å². The lowest BCUT2D eigenvalue weighted by atomic mass is 9.93. The van der Waals surface area contributed by atoms with Crippen LogP contribution in [-0.2, 0) is 0 Å². The molecule has 2 rings (SSSR count). The van der Waals surface area contributed by atoms with Crippen molar-refractivity contribution in [2.24, 2.45) is 5.92 Å². The van der Waals surface area contributed by atoms with E-state index in [1.807, 2.05) is 0 Å². The summed E-state index contributed by atoms with van der Waals surface area (Å²) in [6.45, 7) is 11.4. The van der Waals surface area contributed by atoms with Crippen LogP contribution in [0.5, 0.6) is 0 Å². The fraction of sp³-hybridized carbons (Fsp3) is 1.00. The van der Waals surface area contributed by atoms with Crippen LogP contribution in [0.1, 0.15) is 19.3 Å². The molecule has 0 radical (unpaired) electrons. The van der Waals surface area contributed by atoms with Gasteiger partial charge in [0.25, 0.3) is 0 Å². The summed E-state index contributed by atoms with van der Waals surface area (Å²) in [5.41, 5.74) is 0. The normalized spacial score (nSPS) is 24.9. The van der Waals surface area contributed by atoms with Gasteiger partial charge in [0, 0.05) is 39.3 Å². The fourth-order valence-corrected chi connectivity index (χ4v) is 3.20. The Labute approximate surface area is 119 Å². The highest BCUT2D eigenvalue weighted by molar-refractivity contribution is 4.75. The van der Waals surface area contributed by atoms with Crippen molar-refractivity contribution in [3.05, 3.63) is 0 Å². The van der Waals surface area contributed by atoms with Gasteiger partial charge in [-0.25, -0.2) is 0 Å². The van der Waals surface area contributed by atoms with Crippen LogP contribution >= 0.6 is 0 Å². The van der Waals surface area contributed by atoms with Crippen molar-refractivity contribution >= 4 is 0 Å². The number of hydrogen-bond acceptors (Lipinski definition) is 4. The van der Waals surface area contributed by atoms with Crippen LogP contribution in [0.3, 0.4) is 0 Å². The average Bonchev–Trinajstić information content (AvgIpc) is 2.46. The van der Waals surface area contributed by atoms with E-state index in [4.69, 9.17) is 0 Å². The van der Waals surface area contributed by atoms with Crippen LogP contribution in [0, 0.1) is 5.92 Å². The summed E-state index contributed by atoms with van der Waals surface area (Å²) < 4.78 is 0. The number of piperazine rings is 1. The summed E-state index contributed by atoms with van der Waals surface area (Å²) in [6.07, 6.45) is 4.18. The second-order valence-corrected chi connectivity index (χ2v) is 6.32. The van der Waals surface area contributed by atoms with Crippen molar-refractivity contribution in [3.8, 4) is 0 Å². The number of nitrogens with zero attached hydrogens (tertiary/aromatic N) is 3. The molecule has 0 aromatic heterocycles. The summed E-state index contributed by atoms with van der Waals surface area (Å²) in [6, 6.07) is 0. The first kappa shape index (κ1) is 15.2. The van der Waals surface area contributed by atoms with E-state index in [9.17, 15) is 0 Å². The van der Waals surface area contributed by atoms with Crippen LogP contribution in [-0.4, -0.2) is 87.7 Å². The van der Waals surface area contributed by atoms with Gasteiger partial charge in [-0.05, 0) is 58.9 Å². The van der Waals surface area contributed by atoms with Gasteiger partial charge in [-0.2, -0.15) is 0 Å². The minimum Gasteiger partial charge on any atom is -0.320 e. The summed E-state index contributed by atoms with van der Waals surface area (Å²) in [5, 5.41) is 3.27. The Hall–Kier alpha value is -0.160. The molecule has 0 aromatic carbocycles. The zero-order valence-corrected chi connectivity index (χ0v) is 12.9. The van der Waals surface area contributed by atoms with Gasteiger partial charge < -0.3 is 15.1 Å². The zero-order valence-electron chi connectivity index (χ0n) is 12.9. The molecule has 0 aliphatic carbocycles. The van der Waals surface area contributed by atoms with Crippen molar-refractivity contribution in [1.29, 1.82) is 0 Å². The van der Waals surface area contributed by atoms with E-state index in [2.05, 4.69) is 34.1 Å². The molecule has 0 spiro atoms. The van der Waals surface area contributed by atoms with E-state index < -0.39 is 0 Å². The Morgan fingerprint density at radius 2 is 1.47 bits per heavy atom. The molecule has 112 valence electrons. The molecule has 0 bridgehead atoms. The van der Waals surface area contributed by atoms with Crippen molar-refractivity contribution in [3.63, 3.8) is 0 Å². The second-order valence-electron chi connectivity index (χ2n) is 6.32. The maximum atomic E-state index is 3.27. The number of piperidine rings is 1. The summed E-state index contributed by atoms with van der Waals surface area (Å²) >= 11 is 0. The third-order valence-corrected chi connectivity index (χ3v) is 4.84. The molecule has 0 saturated carbocycles. The predicted octanol–water partition coefficient (Wildman–Crippen LogP) is 0.555. The molecule has 4 nitrogen and oxygen atoms in total. The maximum absolute atomic E-state index is 3.27. The summed E-state index contributed by atoms with van der Waals surface area (Å²) in [7, 11) is 4.29. The van der Waals surface area contributed by atoms with Crippen LogP contribution in [0.25, 0.3) is 0 Å². The summed E-state index contributed by atoms with van der Waals surface area (Å²) in [4.78, 5) is 7.74. The van der Waals surface area contributed by atoms with Gasteiger partial charge in [0.1, 0.15) is 0 Å². The van der Waals surface area contributed by atoms with E-state index in [-0.39, 0.29) is 0 Å². The molecule has 2 heterocycles. The maximum Gasteiger partial charge on any atom is 0.0110 e. The lowest BCUT2D eigenvalue weighted by Gasteiger charge is -2.36. The first-order chi connectivity index (χ1) is 9.28. The fourth-order valence-electron chi connectivity index (χ4n) is 3.20. The smallest absolute Gasteiger partial charge is 0.0110 e. The molecule has 1 N–H and O–H groups in total. The lowest BCUT2D eigenvalue weighted by Crippen LogP contribution is -2.47. The highest BCUT2D eigenvalue weighted by Gasteiger charge is 2.20. The lowest BCUT2D eigenvalue weighted by molar-refractivity contribution is 0.118. The summed E-state index contributed by atoms with van der Waals surface area (Å²) in [5.74, 6) is 0.965. The first-order valence-electron chi connectivity index (χ1n) is 8.06. The van der Waals surface area contributed by atoms with Gasteiger partial charge >= 0.3 is 0 Å². The first-order valence-corrected chi connectivity index (χ1v) is 8.06. The Bertz CT molecular complexity index is 230. The van der Waals surface area contributed by atoms with Crippen molar-refractivity contribution in [2.75, 3.05) is 73.0 Å². The number of nitrogens with one attached hydrogen (secondary N) is 1. The average molecular weight is 268 g/mol. The Morgan fingerprint density at radius 1 is 0.895 bits per heavy atom. The topological polar surface area (TPSA) is 21.8 Å². The molecule has 0 aromatic rings. The monoisotopic (exact) mass is 268 g/mol. The number of rotatable bonds is 6. The van der Waals surface area contributed by atoms with Crippen molar-refractivity contribution in [2.45, 2.75) is 19.3 Å². The van der Waals surface area contributed by atoms with Crippen molar-refractivity contribution < 1.29 is 0 Å². The highest BCUT2D eigenvalue weighted by Crippen LogP contribution is 2.19. The molecular weight excluding hydrogens is 236 g/mol. The van der Waals surface area contributed by atoms with Gasteiger partial charge in [0.2, 0.25) is 0 Å². The molecule has 19 heavy (non-hydrogen) atoms. The van der Waals surface area contributed by atoms with E-state index in [1.165, 1.54) is 78.2 Å². The Morgan fingerprint density at radius 3 is 2.05 bits per heavy atom. The zero-order chi connectivity index (χ0) is 13.5. The second kappa shape index (κ2) is 8.20. The minimum absolute atomic E-state index is 0.965. The van der Waals surface area contributed by atoms with Crippen LogP contribution in [0.4, 0.5) is 0 Å². The van der Waals surface area contributed by atoms with E-state index >= 15 is 0 Å². The molecule has 2 saturated heterocycles. The standard InChI is InChI=1S/C15H32N4/c1-16-6-3-15-4-7-18(8-5-15)13-14-19-11-9-17(2)10-12-19/h15-16H,3-14H2,1-2H3. The molecule has 2 fully saturated rings. The highest BCUT2D eigenvalue weighted by atomic mass is 15.3. The predicted molar refractivity (Wildman–Crippen MR) is 81.6 cm³/mol. The Balaban J connectivity index is 1.55. The third-order valence-electron chi connectivity index (χ3n) is 4.84. The SMILES string of the molecule is CNCCC1CCN(CCN2CCN(C)CC2)CC1. The van der Waals surface area contributed by atoms with E-state index in [0.29, 0.717) is 0 Å². The quantitative estimate of drug-likeness (QED) is 0.760. The van der Waals surface area contributed by atoms with E-state index in [1.54, 1.807) is 0 Å².